The molecule has 1 atom stereocenters. The number of Topliss-reactive ketones (excluding diaryl/α,β-unsaturated/α-hetero) is 1. The van der Waals surface area contributed by atoms with E-state index in [9.17, 15) is 9.59 Å². The molecule has 0 aromatic heterocycles. The molecule has 0 spiro atoms. The van der Waals surface area contributed by atoms with Gasteiger partial charge < -0.3 is 4.90 Å². The maximum absolute atomic E-state index is 12.4. The lowest BCUT2D eigenvalue weighted by Gasteiger charge is -2.29. The second-order valence-electron chi connectivity index (χ2n) is 5.50. The molecule has 0 saturated heterocycles. The summed E-state index contributed by atoms with van der Waals surface area (Å²) in [5.41, 5.74) is 1.78. The number of benzene rings is 1. The van der Waals surface area contributed by atoms with Crippen LogP contribution >= 0.6 is 0 Å². The lowest BCUT2D eigenvalue weighted by atomic mass is 9.95. The van der Waals surface area contributed by atoms with Crippen molar-refractivity contribution in [3.63, 3.8) is 0 Å². The molecule has 0 aliphatic carbocycles. The van der Waals surface area contributed by atoms with E-state index in [2.05, 4.69) is 0 Å². The fourth-order valence-corrected chi connectivity index (χ4v) is 2.80. The normalized spacial score (nSPS) is 15.8. The molecule has 1 aliphatic heterocycles. The van der Waals surface area contributed by atoms with Crippen molar-refractivity contribution >= 4 is 11.7 Å². The molecule has 0 radical (unpaired) electrons. The highest BCUT2D eigenvalue weighted by Crippen LogP contribution is 2.27. The number of carbonyl (C=O) groups is 2. The molecule has 0 N–H and O–H groups in total. The second kappa shape index (κ2) is 5.55. The Morgan fingerprint density at radius 3 is 2.58 bits per heavy atom. The molecular formula is C16H21NO2. The molecule has 3 heteroatoms. The molecule has 1 aromatic carbocycles. The maximum atomic E-state index is 12.4. The lowest BCUT2D eigenvalue weighted by Crippen LogP contribution is -2.44. The van der Waals surface area contributed by atoms with E-state index in [0.717, 1.165) is 17.5 Å². The summed E-state index contributed by atoms with van der Waals surface area (Å²) in [5.74, 6) is 0.328. The molecule has 19 heavy (non-hydrogen) atoms. The summed E-state index contributed by atoms with van der Waals surface area (Å²) >= 11 is 0. The van der Waals surface area contributed by atoms with Crippen molar-refractivity contribution in [1.82, 2.24) is 4.90 Å². The third-order valence-electron chi connectivity index (χ3n) is 3.64. The van der Waals surface area contributed by atoms with Crippen LogP contribution in [0.25, 0.3) is 0 Å². The van der Waals surface area contributed by atoms with Crippen molar-refractivity contribution in [2.24, 2.45) is 5.92 Å². The second-order valence-corrected chi connectivity index (χ2v) is 5.50. The van der Waals surface area contributed by atoms with Crippen molar-refractivity contribution in [2.75, 3.05) is 0 Å². The van der Waals surface area contributed by atoms with Gasteiger partial charge >= 0.3 is 0 Å². The van der Waals surface area contributed by atoms with Crippen molar-refractivity contribution in [2.45, 2.75) is 46.2 Å². The fraction of sp³-hybridized carbons (Fsp3) is 0.500. The Labute approximate surface area is 114 Å². The van der Waals surface area contributed by atoms with Gasteiger partial charge in [-0.2, -0.15) is 0 Å². The molecule has 1 amide bonds. The average molecular weight is 259 g/mol. The van der Waals surface area contributed by atoms with Gasteiger partial charge in [0.1, 0.15) is 0 Å². The molecule has 1 unspecified atom stereocenters. The van der Waals surface area contributed by atoms with Gasteiger partial charge in [0.05, 0.1) is 6.04 Å². The first-order valence-electron chi connectivity index (χ1n) is 6.97. The summed E-state index contributed by atoms with van der Waals surface area (Å²) in [7, 11) is 0. The van der Waals surface area contributed by atoms with E-state index >= 15 is 0 Å². The van der Waals surface area contributed by atoms with Crippen LogP contribution in [-0.4, -0.2) is 22.6 Å². The van der Waals surface area contributed by atoms with Gasteiger partial charge in [0.25, 0.3) is 5.91 Å². The summed E-state index contributed by atoms with van der Waals surface area (Å²) in [4.78, 5) is 26.4. The van der Waals surface area contributed by atoms with Crippen LogP contribution in [0.5, 0.6) is 0 Å². The van der Waals surface area contributed by atoms with Crippen LogP contribution in [-0.2, 0) is 11.3 Å². The Hall–Kier alpha value is -1.64. The number of hydrogen-bond acceptors (Lipinski definition) is 2. The largest absolute Gasteiger partial charge is 0.324 e. The molecule has 1 heterocycles. The van der Waals surface area contributed by atoms with Gasteiger partial charge in [-0.15, -0.1) is 0 Å². The van der Waals surface area contributed by atoms with Gasteiger partial charge in [0, 0.05) is 18.5 Å². The van der Waals surface area contributed by atoms with Gasteiger partial charge in [-0.05, 0) is 24.0 Å². The number of nitrogens with zero attached hydrogens (tertiary/aromatic N) is 1. The monoisotopic (exact) mass is 259 g/mol. The van der Waals surface area contributed by atoms with Gasteiger partial charge in [0.2, 0.25) is 0 Å². The third kappa shape index (κ3) is 2.55. The van der Waals surface area contributed by atoms with Crippen LogP contribution in [0.15, 0.2) is 24.3 Å². The minimum atomic E-state index is -0.292. The summed E-state index contributed by atoms with van der Waals surface area (Å²) in [6.07, 6.45) is 1.38. The van der Waals surface area contributed by atoms with E-state index in [-0.39, 0.29) is 23.7 Å². The van der Waals surface area contributed by atoms with E-state index in [1.165, 1.54) is 0 Å². The number of amides is 1. The summed E-state index contributed by atoms with van der Waals surface area (Å²) < 4.78 is 0. The van der Waals surface area contributed by atoms with E-state index in [0.29, 0.717) is 13.0 Å². The lowest BCUT2D eigenvalue weighted by molar-refractivity contribution is -0.125. The van der Waals surface area contributed by atoms with Gasteiger partial charge in [0.15, 0.2) is 5.78 Å². The van der Waals surface area contributed by atoms with Crippen LogP contribution < -0.4 is 0 Å². The van der Waals surface area contributed by atoms with Crippen LogP contribution in [0.3, 0.4) is 0 Å². The molecule has 102 valence electrons. The number of fused-ring (bicyclic) bond motifs is 1. The standard InChI is InChI=1S/C16H21NO2/c1-4-7-14(18)15(11(2)3)17-10-12-8-5-6-9-13(12)16(17)19/h5-6,8-9,11,15H,4,7,10H2,1-3H3. The van der Waals surface area contributed by atoms with Gasteiger partial charge in [-0.25, -0.2) is 0 Å². The van der Waals surface area contributed by atoms with Gasteiger partial charge in [-0.3, -0.25) is 9.59 Å². The first-order chi connectivity index (χ1) is 9.06. The van der Waals surface area contributed by atoms with E-state index in [4.69, 9.17) is 0 Å². The number of rotatable bonds is 5. The van der Waals surface area contributed by atoms with Crippen LogP contribution in [0.4, 0.5) is 0 Å². The van der Waals surface area contributed by atoms with Gasteiger partial charge in [-0.1, -0.05) is 39.0 Å². The SMILES string of the molecule is CCCC(=O)C(C(C)C)N1Cc2ccccc2C1=O. The number of ketones is 1. The molecule has 1 aromatic rings. The van der Waals surface area contributed by atoms with Crippen molar-refractivity contribution in [3.8, 4) is 0 Å². The molecule has 0 saturated carbocycles. The highest BCUT2D eigenvalue weighted by Gasteiger charge is 2.36. The summed E-state index contributed by atoms with van der Waals surface area (Å²) in [6.45, 7) is 6.58. The zero-order valence-corrected chi connectivity index (χ0v) is 11.8. The first-order valence-corrected chi connectivity index (χ1v) is 6.97. The van der Waals surface area contributed by atoms with Crippen LogP contribution in [0.1, 0.15) is 49.5 Å². The summed E-state index contributed by atoms with van der Waals surface area (Å²) in [6, 6.07) is 7.33. The zero-order chi connectivity index (χ0) is 14.0. The predicted octanol–water partition coefficient (Wildman–Crippen LogP) is 3.04. The highest BCUT2D eigenvalue weighted by molar-refractivity contribution is 6.01. The highest BCUT2D eigenvalue weighted by atomic mass is 16.2. The van der Waals surface area contributed by atoms with Crippen molar-refractivity contribution in [3.05, 3.63) is 35.4 Å². The Balaban J connectivity index is 2.27. The summed E-state index contributed by atoms with van der Waals surface area (Å²) in [5, 5.41) is 0. The van der Waals surface area contributed by atoms with Crippen molar-refractivity contribution in [1.29, 1.82) is 0 Å². The van der Waals surface area contributed by atoms with Crippen LogP contribution in [0.2, 0.25) is 0 Å². The molecule has 0 bridgehead atoms. The quantitative estimate of drug-likeness (QED) is 0.815. The maximum Gasteiger partial charge on any atom is 0.255 e. The third-order valence-corrected chi connectivity index (χ3v) is 3.64. The van der Waals surface area contributed by atoms with E-state index in [1.54, 1.807) is 4.90 Å². The van der Waals surface area contributed by atoms with E-state index < -0.39 is 0 Å². The topological polar surface area (TPSA) is 37.4 Å². The Bertz CT molecular complexity index is 493. The van der Waals surface area contributed by atoms with Crippen molar-refractivity contribution < 1.29 is 9.59 Å². The Morgan fingerprint density at radius 2 is 2.00 bits per heavy atom. The molecule has 0 fully saturated rings. The predicted molar refractivity (Wildman–Crippen MR) is 74.9 cm³/mol. The smallest absolute Gasteiger partial charge is 0.255 e. The molecular weight excluding hydrogens is 238 g/mol. The zero-order valence-electron chi connectivity index (χ0n) is 11.8. The van der Waals surface area contributed by atoms with E-state index in [1.807, 2.05) is 45.0 Å². The molecule has 3 nitrogen and oxygen atoms in total. The number of carbonyl (C=O) groups excluding carboxylic acids is 2. The Kier molecular flexibility index (Phi) is 4.03. The number of hydrogen-bond donors (Lipinski definition) is 0. The minimum Gasteiger partial charge on any atom is -0.324 e. The molecule has 1 aliphatic rings. The average Bonchev–Trinajstić information content (AvgIpc) is 2.68. The first kappa shape index (κ1) is 13.8. The van der Waals surface area contributed by atoms with Crippen LogP contribution in [0, 0.1) is 5.92 Å². The minimum absolute atomic E-state index is 0.00115. The molecule has 2 rings (SSSR count). The Morgan fingerprint density at radius 1 is 1.32 bits per heavy atom. The fourth-order valence-electron chi connectivity index (χ4n) is 2.80.